The second-order valence-electron chi connectivity index (χ2n) is 5.35. The van der Waals surface area contributed by atoms with Crippen LogP contribution in [0, 0.1) is 12.7 Å². The van der Waals surface area contributed by atoms with Gasteiger partial charge in [0.1, 0.15) is 5.82 Å². The zero-order chi connectivity index (χ0) is 14.8. The van der Waals surface area contributed by atoms with E-state index in [0.29, 0.717) is 18.7 Å². The van der Waals surface area contributed by atoms with Gasteiger partial charge in [0.2, 0.25) is 5.91 Å². The summed E-state index contributed by atoms with van der Waals surface area (Å²) in [6, 6.07) is 12.2. The Morgan fingerprint density at radius 1 is 1.24 bits per heavy atom. The fraction of sp³-hybridized carbons (Fsp3) is 0.235. The maximum absolute atomic E-state index is 13.1. The number of anilines is 1. The minimum atomic E-state index is -0.296. The third-order valence-electron chi connectivity index (χ3n) is 3.84. The minimum Gasteiger partial charge on any atom is -0.324 e. The Kier molecular flexibility index (Phi) is 3.71. The molecule has 3 nitrogen and oxygen atoms in total. The third kappa shape index (κ3) is 2.95. The molecule has 21 heavy (non-hydrogen) atoms. The molecule has 0 aromatic heterocycles. The molecule has 0 radical (unpaired) electrons. The molecule has 0 fully saturated rings. The lowest BCUT2D eigenvalue weighted by Crippen LogP contribution is -2.44. The highest BCUT2D eigenvalue weighted by Crippen LogP contribution is 2.19. The average Bonchev–Trinajstić information content (AvgIpc) is 2.49. The van der Waals surface area contributed by atoms with Crippen LogP contribution in [0.3, 0.4) is 0 Å². The number of hydrogen-bond acceptors (Lipinski definition) is 2. The summed E-state index contributed by atoms with van der Waals surface area (Å²) in [4.78, 5) is 12.3. The molecule has 1 atom stereocenters. The molecule has 108 valence electrons. The number of amides is 1. The van der Waals surface area contributed by atoms with E-state index in [0.717, 1.165) is 5.56 Å². The van der Waals surface area contributed by atoms with Crippen LogP contribution in [-0.4, -0.2) is 11.9 Å². The molecule has 0 saturated carbocycles. The molecule has 2 N–H and O–H groups in total. The van der Waals surface area contributed by atoms with Crippen molar-refractivity contribution in [2.24, 2.45) is 0 Å². The van der Waals surface area contributed by atoms with E-state index in [1.807, 2.05) is 12.1 Å². The Bertz CT molecular complexity index is 684. The average molecular weight is 284 g/mol. The van der Waals surface area contributed by atoms with Gasteiger partial charge in [0.15, 0.2) is 0 Å². The topological polar surface area (TPSA) is 41.1 Å². The summed E-state index contributed by atoms with van der Waals surface area (Å²) in [6.45, 7) is 2.47. The molecule has 1 unspecified atom stereocenters. The van der Waals surface area contributed by atoms with Gasteiger partial charge in [0, 0.05) is 12.2 Å². The van der Waals surface area contributed by atoms with Crippen molar-refractivity contribution in [3.8, 4) is 0 Å². The number of benzene rings is 2. The third-order valence-corrected chi connectivity index (χ3v) is 3.84. The van der Waals surface area contributed by atoms with E-state index < -0.39 is 0 Å². The SMILES string of the molecule is Cc1cc(F)ccc1NC(=O)C1Cc2ccccc2CN1. The van der Waals surface area contributed by atoms with Gasteiger partial charge in [-0.2, -0.15) is 0 Å². The number of aryl methyl sites for hydroxylation is 1. The Morgan fingerprint density at radius 3 is 2.76 bits per heavy atom. The van der Waals surface area contributed by atoms with E-state index >= 15 is 0 Å². The highest BCUT2D eigenvalue weighted by atomic mass is 19.1. The van der Waals surface area contributed by atoms with Crippen LogP contribution in [0.5, 0.6) is 0 Å². The maximum Gasteiger partial charge on any atom is 0.241 e. The van der Waals surface area contributed by atoms with Crippen LogP contribution in [0.15, 0.2) is 42.5 Å². The number of rotatable bonds is 2. The van der Waals surface area contributed by atoms with Crippen LogP contribution in [0.2, 0.25) is 0 Å². The van der Waals surface area contributed by atoms with Crippen molar-refractivity contribution in [2.45, 2.75) is 25.9 Å². The van der Waals surface area contributed by atoms with Gasteiger partial charge in [0.05, 0.1) is 6.04 Å². The zero-order valence-corrected chi connectivity index (χ0v) is 11.8. The molecule has 1 heterocycles. The minimum absolute atomic E-state index is 0.0841. The molecule has 2 aromatic rings. The van der Waals surface area contributed by atoms with E-state index in [4.69, 9.17) is 0 Å². The Balaban J connectivity index is 1.72. The van der Waals surface area contributed by atoms with Crippen molar-refractivity contribution >= 4 is 11.6 Å². The first kappa shape index (κ1) is 13.8. The zero-order valence-electron chi connectivity index (χ0n) is 11.8. The number of nitrogens with one attached hydrogen (secondary N) is 2. The first-order valence-electron chi connectivity index (χ1n) is 7.00. The number of hydrogen-bond donors (Lipinski definition) is 2. The van der Waals surface area contributed by atoms with E-state index in [9.17, 15) is 9.18 Å². The Morgan fingerprint density at radius 2 is 2.00 bits per heavy atom. The van der Waals surface area contributed by atoms with E-state index in [-0.39, 0.29) is 17.8 Å². The second-order valence-corrected chi connectivity index (χ2v) is 5.35. The van der Waals surface area contributed by atoms with Crippen LogP contribution in [0.4, 0.5) is 10.1 Å². The van der Waals surface area contributed by atoms with Gasteiger partial charge in [-0.05, 0) is 48.2 Å². The predicted molar refractivity (Wildman–Crippen MR) is 80.5 cm³/mol. The van der Waals surface area contributed by atoms with Crippen molar-refractivity contribution < 1.29 is 9.18 Å². The largest absolute Gasteiger partial charge is 0.324 e. The predicted octanol–water partition coefficient (Wildman–Crippen LogP) is 2.79. The molecule has 2 aromatic carbocycles. The van der Waals surface area contributed by atoms with Crippen molar-refractivity contribution in [3.05, 3.63) is 65.0 Å². The van der Waals surface area contributed by atoms with Crippen LogP contribution < -0.4 is 10.6 Å². The van der Waals surface area contributed by atoms with Gasteiger partial charge in [-0.15, -0.1) is 0 Å². The highest BCUT2D eigenvalue weighted by Gasteiger charge is 2.24. The number of halogens is 1. The standard InChI is InChI=1S/C17H17FN2O/c1-11-8-14(18)6-7-15(11)20-17(21)16-9-12-4-2-3-5-13(12)10-19-16/h2-8,16,19H,9-10H2,1H3,(H,20,21). The number of carbonyl (C=O) groups is 1. The first-order valence-corrected chi connectivity index (χ1v) is 7.00. The molecule has 0 saturated heterocycles. The van der Waals surface area contributed by atoms with Crippen molar-refractivity contribution in [3.63, 3.8) is 0 Å². The quantitative estimate of drug-likeness (QED) is 0.890. The van der Waals surface area contributed by atoms with Crippen LogP contribution in [-0.2, 0) is 17.8 Å². The first-order chi connectivity index (χ1) is 10.1. The second kappa shape index (κ2) is 5.66. The monoisotopic (exact) mass is 284 g/mol. The molecule has 3 rings (SSSR count). The molecular weight excluding hydrogens is 267 g/mol. The summed E-state index contributed by atoms with van der Waals surface area (Å²) in [6.07, 6.45) is 0.669. The van der Waals surface area contributed by atoms with Gasteiger partial charge in [-0.3, -0.25) is 4.79 Å². The summed E-state index contributed by atoms with van der Waals surface area (Å²) < 4.78 is 13.1. The van der Waals surface area contributed by atoms with Crippen molar-refractivity contribution in [2.75, 3.05) is 5.32 Å². The molecule has 1 aliphatic heterocycles. The molecule has 1 aliphatic rings. The lowest BCUT2D eigenvalue weighted by Gasteiger charge is -2.25. The normalized spacial score (nSPS) is 17.1. The molecule has 1 amide bonds. The van der Waals surface area contributed by atoms with Gasteiger partial charge in [-0.25, -0.2) is 4.39 Å². The van der Waals surface area contributed by atoms with Crippen LogP contribution in [0.1, 0.15) is 16.7 Å². The Hall–Kier alpha value is -2.20. The molecule has 0 aliphatic carbocycles. The highest BCUT2D eigenvalue weighted by molar-refractivity contribution is 5.95. The fourth-order valence-electron chi connectivity index (χ4n) is 2.63. The smallest absolute Gasteiger partial charge is 0.241 e. The molecule has 0 spiro atoms. The van der Waals surface area contributed by atoms with Gasteiger partial charge in [0.25, 0.3) is 0 Å². The fourth-order valence-corrected chi connectivity index (χ4v) is 2.63. The van der Waals surface area contributed by atoms with E-state index in [1.54, 1.807) is 13.0 Å². The van der Waals surface area contributed by atoms with Crippen LogP contribution >= 0.6 is 0 Å². The maximum atomic E-state index is 13.1. The summed E-state index contributed by atoms with van der Waals surface area (Å²) in [5.74, 6) is -0.380. The van der Waals surface area contributed by atoms with Crippen molar-refractivity contribution in [1.82, 2.24) is 5.32 Å². The molecule has 0 bridgehead atoms. The van der Waals surface area contributed by atoms with Gasteiger partial charge >= 0.3 is 0 Å². The summed E-state index contributed by atoms with van der Waals surface area (Å²) >= 11 is 0. The lowest BCUT2D eigenvalue weighted by molar-refractivity contribution is -0.118. The van der Waals surface area contributed by atoms with Crippen molar-refractivity contribution in [1.29, 1.82) is 0 Å². The Labute approximate surface area is 123 Å². The number of fused-ring (bicyclic) bond motifs is 1. The van der Waals surface area contributed by atoms with E-state index in [2.05, 4.69) is 22.8 Å². The lowest BCUT2D eigenvalue weighted by atomic mass is 9.95. The molecule has 4 heteroatoms. The van der Waals surface area contributed by atoms with Gasteiger partial charge in [-0.1, -0.05) is 24.3 Å². The molecular formula is C17H17FN2O. The van der Waals surface area contributed by atoms with Gasteiger partial charge < -0.3 is 10.6 Å². The summed E-state index contributed by atoms with van der Waals surface area (Å²) in [5, 5.41) is 6.11. The van der Waals surface area contributed by atoms with E-state index in [1.165, 1.54) is 23.3 Å². The summed E-state index contributed by atoms with van der Waals surface area (Å²) in [5.41, 5.74) is 3.81. The summed E-state index contributed by atoms with van der Waals surface area (Å²) in [7, 11) is 0. The van der Waals surface area contributed by atoms with Crippen LogP contribution in [0.25, 0.3) is 0 Å². The number of carbonyl (C=O) groups excluding carboxylic acids is 1.